The van der Waals surface area contributed by atoms with Gasteiger partial charge in [0.25, 0.3) is 0 Å². The molecule has 0 saturated heterocycles. The van der Waals surface area contributed by atoms with Crippen LogP contribution in [0.2, 0.25) is 5.02 Å². The van der Waals surface area contributed by atoms with E-state index in [2.05, 4.69) is 26.8 Å². The Morgan fingerprint density at radius 2 is 1.97 bits per heavy atom. The average molecular weight is 436 g/mol. The molecule has 2 aromatic rings. The molecule has 5 heteroatoms. The molecular weight excluding hydrogens is 402 g/mol. The molecule has 1 aromatic carbocycles. The maximum Gasteiger partial charge on any atom is 0.179 e. The molecule has 29 heavy (non-hydrogen) atoms. The van der Waals surface area contributed by atoms with Crippen molar-refractivity contribution in [3.05, 3.63) is 43.6 Å². The lowest BCUT2D eigenvalue weighted by Gasteiger charge is -2.30. The van der Waals surface area contributed by atoms with E-state index in [-0.39, 0.29) is 0 Å². The molecule has 0 radical (unpaired) electrons. The Morgan fingerprint density at radius 1 is 1.17 bits per heavy atom. The monoisotopic (exact) mass is 435 g/mol. The molecule has 0 fully saturated rings. The van der Waals surface area contributed by atoms with E-state index >= 15 is 0 Å². The SMILES string of the molecule is COc1cc(CCCc2sc(C)c3c2CCC(C)(C)C3)cc(Cl)c1OCCCN. The predicted molar refractivity (Wildman–Crippen MR) is 124 cm³/mol. The molecule has 1 aliphatic carbocycles. The van der Waals surface area contributed by atoms with E-state index in [0.29, 0.717) is 35.1 Å². The molecule has 1 aliphatic rings. The van der Waals surface area contributed by atoms with Gasteiger partial charge in [-0.25, -0.2) is 0 Å². The molecule has 1 aromatic heterocycles. The summed E-state index contributed by atoms with van der Waals surface area (Å²) in [4.78, 5) is 3.11. The molecule has 0 saturated carbocycles. The van der Waals surface area contributed by atoms with Gasteiger partial charge in [-0.05, 0) is 92.7 Å². The van der Waals surface area contributed by atoms with Gasteiger partial charge in [0.15, 0.2) is 11.5 Å². The highest BCUT2D eigenvalue weighted by atomic mass is 35.5. The van der Waals surface area contributed by atoms with E-state index in [1.165, 1.54) is 29.7 Å². The normalized spacial score (nSPS) is 15.2. The number of thiophene rings is 1. The van der Waals surface area contributed by atoms with E-state index in [4.69, 9.17) is 26.8 Å². The van der Waals surface area contributed by atoms with Gasteiger partial charge < -0.3 is 15.2 Å². The molecule has 160 valence electrons. The maximum absolute atomic E-state index is 6.48. The van der Waals surface area contributed by atoms with Crippen LogP contribution < -0.4 is 15.2 Å². The molecule has 0 spiro atoms. The lowest BCUT2D eigenvalue weighted by Crippen LogP contribution is -2.22. The smallest absolute Gasteiger partial charge is 0.179 e. The van der Waals surface area contributed by atoms with Crippen LogP contribution in [0.1, 0.15) is 59.6 Å². The van der Waals surface area contributed by atoms with Crippen molar-refractivity contribution >= 4 is 22.9 Å². The zero-order chi connectivity index (χ0) is 21.0. The molecule has 0 unspecified atom stereocenters. The van der Waals surface area contributed by atoms with Crippen molar-refractivity contribution in [1.82, 2.24) is 0 Å². The number of hydrogen-bond acceptors (Lipinski definition) is 4. The Bertz CT molecular complexity index is 844. The van der Waals surface area contributed by atoms with Crippen LogP contribution in [0, 0.1) is 12.3 Å². The van der Waals surface area contributed by atoms with E-state index < -0.39 is 0 Å². The third kappa shape index (κ3) is 5.48. The first-order chi connectivity index (χ1) is 13.8. The van der Waals surface area contributed by atoms with Crippen LogP contribution >= 0.6 is 22.9 Å². The molecule has 0 bridgehead atoms. The summed E-state index contributed by atoms with van der Waals surface area (Å²) >= 11 is 8.49. The molecule has 3 rings (SSSR count). The number of aryl methyl sites for hydroxylation is 3. The van der Waals surface area contributed by atoms with Gasteiger partial charge in [-0.15, -0.1) is 11.3 Å². The van der Waals surface area contributed by atoms with Crippen LogP contribution in [-0.2, 0) is 25.7 Å². The summed E-state index contributed by atoms with van der Waals surface area (Å²) in [6.45, 7) is 8.23. The second kappa shape index (κ2) is 9.72. The standard InChI is InChI=1S/C24H34ClNO2S/c1-16-19-15-24(2,3)10-9-18(19)22(29-16)8-5-7-17-13-20(25)23(21(14-17)27-4)28-12-6-11-26/h13-14H,5-12,15,26H2,1-4H3. The lowest BCUT2D eigenvalue weighted by atomic mass is 9.74. The number of ether oxygens (including phenoxy) is 2. The van der Waals surface area contributed by atoms with Gasteiger partial charge in [-0.3, -0.25) is 0 Å². The fraction of sp³-hybridized carbons (Fsp3) is 0.583. The number of rotatable bonds is 9. The van der Waals surface area contributed by atoms with Gasteiger partial charge in [0.1, 0.15) is 0 Å². The van der Waals surface area contributed by atoms with Gasteiger partial charge in [0, 0.05) is 9.75 Å². The van der Waals surface area contributed by atoms with Gasteiger partial charge in [0.05, 0.1) is 18.7 Å². The van der Waals surface area contributed by atoms with Crippen molar-refractivity contribution in [2.45, 2.75) is 65.7 Å². The van der Waals surface area contributed by atoms with Crippen LogP contribution in [0.3, 0.4) is 0 Å². The topological polar surface area (TPSA) is 44.5 Å². The number of nitrogens with two attached hydrogens (primary N) is 1. The first-order valence-electron chi connectivity index (χ1n) is 10.6. The van der Waals surface area contributed by atoms with Gasteiger partial charge in [-0.1, -0.05) is 25.4 Å². The van der Waals surface area contributed by atoms with Crippen LogP contribution in [-0.4, -0.2) is 20.3 Å². The van der Waals surface area contributed by atoms with Crippen molar-refractivity contribution in [3.63, 3.8) is 0 Å². The van der Waals surface area contributed by atoms with Crippen LogP contribution in [0.25, 0.3) is 0 Å². The largest absolute Gasteiger partial charge is 0.493 e. The third-order valence-electron chi connectivity index (χ3n) is 5.86. The summed E-state index contributed by atoms with van der Waals surface area (Å²) in [7, 11) is 1.66. The highest BCUT2D eigenvalue weighted by Crippen LogP contribution is 2.42. The number of hydrogen-bond donors (Lipinski definition) is 1. The third-order valence-corrected chi connectivity index (χ3v) is 7.39. The molecule has 1 heterocycles. The molecule has 3 nitrogen and oxygen atoms in total. The Kier molecular flexibility index (Phi) is 7.53. The first-order valence-corrected chi connectivity index (χ1v) is 11.8. The fourth-order valence-electron chi connectivity index (χ4n) is 4.21. The zero-order valence-electron chi connectivity index (χ0n) is 18.2. The summed E-state index contributed by atoms with van der Waals surface area (Å²) in [5, 5.41) is 0.614. The van der Waals surface area contributed by atoms with Gasteiger partial charge in [0.2, 0.25) is 0 Å². The molecule has 0 amide bonds. The number of benzene rings is 1. The Labute approximate surface area is 184 Å². The van der Waals surface area contributed by atoms with E-state index in [9.17, 15) is 0 Å². The molecule has 2 N–H and O–H groups in total. The highest BCUT2D eigenvalue weighted by molar-refractivity contribution is 7.12. The summed E-state index contributed by atoms with van der Waals surface area (Å²) < 4.78 is 11.3. The average Bonchev–Trinajstić information content (AvgIpc) is 2.97. The summed E-state index contributed by atoms with van der Waals surface area (Å²) in [6.07, 6.45) is 7.78. The molecular formula is C24H34ClNO2S. The van der Waals surface area contributed by atoms with Crippen LogP contribution in [0.5, 0.6) is 11.5 Å². The second-order valence-corrected chi connectivity index (χ2v) is 10.5. The minimum absolute atomic E-state index is 0.442. The Hall–Kier alpha value is -1.23. The molecule has 0 aliphatic heterocycles. The van der Waals surface area contributed by atoms with Crippen molar-refractivity contribution in [1.29, 1.82) is 0 Å². The minimum Gasteiger partial charge on any atom is -0.493 e. The number of halogens is 1. The fourth-order valence-corrected chi connectivity index (χ4v) is 5.78. The Morgan fingerprint density at radius 3 is 2.69 bits per heavy atom. The van der Waals surface area contributed by atoms with Crippen LogP contribution in [0.4, 0.5) is 0 Å². The maximum atomic E-state index is 6.48. The van der Waals surface area contributed by atoms with Crippen molar-refractivity contribution in [2.75, 3.05) is 20.3 Å². The summed E-state index contributed by atoms with van der Waals surface area (Å²) in [6, 6.07) is 4.07. The predicted octanol–water partition coefficient (Wildman–Crippen LogP) is 6.14. The zero-order valence-corrected chi connectivity index (χ0v) is 19.8. The van der Waals surface area contributed by atoms with E-state index in [1.54, 1.807) is 23.1 Å². The van der Waals surface area contributed by atoms with Gasteiger partial charge in [-0.2, -0.15) is 0 Å². The quantitative estimate of drug-likeness (QED) is 0.481. The highest BCUT2D eigenvalue weighted by Gasteiger charge is 2.29. The number of fused-ring (bicyclic) bond motifs is 1. The molecule has 0 atom stereocenters. The second-order valence-electron chi connectivity index (χ2n) is 8.83. The summed E-state index contributed by atoms with van der Waals surface area (Å²) in [5.74, 6) is 1.33. The van der Waals surface area contributed by atoms with Crippen LogP contribution in [0.15, 0.2) is 12.1 Å². The lowest BCUT2D eigenvalue weighted by molar-refractivity contribution is 0.291. The van der Waals surface area contributed by atoms with E-state index in [1.807, 2.05) is 17.4 Å². The van der Waals surface area contributed by atoms with Gasteiger partial charge >= 0.3 is 0 Å². The number of methoxy groups -OCH3 is 1. The van der Waals surface area contributed by atoms with Crippen molar-refractivity contribution in [2.24, 2.45) is 11.1 Å². The minimum atomic E-state index is 0.442. The summed E-state index contributed by atoms with van der Waals surface area (Å²) in [5.41, 5.74) is 10.5. The first kappa shape index (κ1) is 22.5. The van der Waals surface area contributed by atoms with Crippen molar-refractivity contribution in [3.8, 4) is 11.5 Å². The van der Waals surface area contributed by atoms with Crippen molar-refractivity contribution < 1.29 is 9.47 Å². The van der Waals surface area contributed by atoms with E-state index in [0.717, 1.165) is 25.7 Å². The Balaban J connectivity index is 1.65.